The highest BCUT2D eigenvalue weighted by Gasteiger charge is 2.25. The molecule has 1 N–H and O–H groups in total. The van der Waals surface area contributed by atoms with Crippen molar-refractivity contribution in [2.45, 2.75) is 44.6 Å². The molecule has 1 atom stereocenters. The normalized spacial score (nSPS) is 21.8. The highest BCUT2D eigenvalue weighted by molar-refractivity contribution is 5.94. The molecule has 2 aromatic carbocycles. The van der Waals surface area contributed by atoms with E-state index in [1.54, 1.807) is 0 Å². The predicted molar refractivity (Wildman–Crippen MR) is 132 cm³/mol. The number of piperazine rings is 1. The van der Waals surface area contributed by atoms with Crippen molar-refractivity contribution in [3.8, 4) is 0 Å². The Morgan fingerprint density at radius 1 is 0.875 bits per heavy atom. The topological polar surface area (TPSA) is 38.8 Å². The second-order valence-corrected chi connectivity index (χ2v) is 9.71. The number of anilines is 2. The van der Waals surface area contributed by atoms with E-state index in [-0.39, 0.29) is 11.9 Å². The first-order valence-electron chi connectivity index (χ1n) is 12.4. The number of hydrogen-bond acceptors (Lipinski definition) is 4. The zero-order valence-corrected chi connectivity index (χ0v) is 19.4. The van der Waals surface area contributed by atoms with Crippen molar-refractivity contribution in [1.82, 2.24) is 10.2 Å². The summed E-state index contributed by atoms with van der Waals surface area (Å²) in [4.78, 5) is 20.4. The van der Waals surface area contributed by atoms with Crippen LogP contribution in [0, 0.1) is 0 Å². The van der Waals surface area contributed by atoms with Crippen LogP contribution in [0.4, 0.5) is 11.4 Å². The second-order valence-electron chi connectivity index (χ2n) is 9.71. The molecule has 0 aromatic heterocycles. The van der Waals surface area contributed by atoms with Crippen LogP contribution >= 0.6 is 0 Å². The number of aryl methyl sites for hydroxylation is 1. The van der Waals surface area contributed by atoms with Gasteiger partial charge in [-0.2, -0.15) is 0 Å². The van der Waals surface area contributed by atoms with Gasteiger partial charge in [-0.15, -0.1) is 0 Å². The molecule has 0 radical (unpaired) electrons. The highest BCUT2D eigenvalue weighted by atomic mass is 16.1. The zero-order chi connectivity index (χ0) is 21.9. The quantitative estimate of drug-likeness (QED) is 0.799. The summed E-state index contributed by atoms with van der Waals surface area (Å²) in [6.07, 6.45) is 6.84. The van der Waals surface area contributed by atoms with Crippen LogP contribution in [-0.4, -0.2) is 63.2 Å². The first kappa shape index (κ1) is 21.3. The lowest BCUT2D eigenvalue weighted by Gasteiger charge is -2.37. The van der Waals surface area contributed by atoms with Crippen molar-refractivity contribution >= 4 is 17.3 Å². The number of carbonyl (C=O) groups is 1. The van der Waals surface area contributed by atoms with Crippen molar-refractivity contribution in [2.24, 2.45) is 0 Å². The van der Waals surface area contributed by atoms with Gasteiger partial charge in [0, 0.05) is 62.2 Å². The van der Waals surface area contributed by atoms with E-state index in [1.807, 2.05) is 12.1 Å². The molecule has 1 amide bonds. The minimum atomic E-state index is 0.0562. The third-order valence-corrected chi connectivity index (χ3v) is 7.49. The monoisotopic (exact) mass is 432 g/mol. The van der Waals surface area contributed by atoms with Crippen LogP contribution in [0.25, 0.3) is 0 Å². The number of rotatable bonds is 4. The molecule has 5 nitrogen and oxygen atoms in total. The Hall–Kier alpha value is -2.53. The van der Waals surface area contributed by atoms with E-state index < -0.39 is 0 Å². The van der Waals surface area contributed by atoms with Crippen molar-refractivity contribution in [1.29, 1.82) is 0 Å². The number of fused-ring (bicyclic) bond motifs is 1. The molecule has 2 saturated heterocycles. The van der Waals surface area contributed by atoms with Gasteiger partial charge in [-0.1, -0.05) is 12.1 Å². The Kier molecular flexibility index (Phi) is 6.35. The van der Waals surface area contributed by atoms with Gasteiger partial charge < -0.3 is 20.0 Å². The van der Waals surface area contributed by atoms with Gasteiger partial charge >= 0.3 is 0 Å². The molecule has 0 spiro atoms. The molecule has 0 unspecified atom stereocenters. The molecule has 1 aliphatic carbocycles. The summed E-state index contributed by atoms with van der Waals surface area (Å²) in [5.41, 5.74) is 6.28. The zero-order valence-electron chi connectivity index (χ0n) is 19.4. The summed E-state index contributed by atoms with van der Waals surface area (Å²) in [6.45, 7) is 6.63. The van der Waals surface area contributed by atoms with Gasteiger partial charge in [-0.25, -0.2) is 0 Å². The largest absolute Gasteiger partial charge is 0.372 e. The Balaban J connectivity index is 1.24. The maximum absolute atomic E-state index is 13.0. The Labute approximate surface area is 192 Å². The first-order valence-corrected chi connectivity index (χ1v) is 12.4. The van der Waals surface area contributed by atoms with Crippen molar-refractivity contribution in [3.63, 3.8) is 0 Å². The van der Waals surface area contributed by atoms with Crippen LogP contribution in [0.1, 0.15) is 47.2 Å². The molecule has 32 heavy (non-hydrogen) atoms. The Bertz CT molecular complexity index is 927. The van der Waals surface area contributed by atoms with E-state index in [2.05, 4.69) is 57.4 Å². The number of amides is 1. The summed E-state index contributed by atoms with van der Waals surface area (Å²) >= 11 is 0. The van der Waals surface area contributed by atoms with Crippen molar-refractivity contribution < 1.29 is 4.79 Å². The predicted octanol–water partition coefficient (Wildman–Crippen LogP) is 3.72. The highest BCUT2D eigenvalue weighted by Crippen LogP contribution is 2.31. The van der Waals surface area contributed by atoms with Crippen LogP contribution in [0.3, 0.4) is 0 Å². The minimum absolute atomic E-state index is 0.0562. The molecular formula is C27H36N4O. The molecule has 2 aromatic rings. The number of benzene rings is 2. The van der Waals surface area contributed by atoms with E-state index in [0.29, 0.717) is 0 Å². The van der Waals surface area contributed by atoms with E-state index in [4.69, 9.17) is 0 Å². The molecule has 5 rings (SSSR count). The molecular weight excluding hydrogens is 396 g/mol. The molecule has 170 valence electrons. The minimum Gasteiger partial charge on any atom is -0.372 e. The Morgan fingerprint density at radius 2 is 1.62 bits per heavy atom. The van der Waals surface area contributed by atoms with Gasteiger partial charge in [0.05, 0.1) is 0 Å². The maximum Gasteiger partial charge on any atom is 0.251 e. The van der Waals surface area contributed by atoms with Crippen LogP contribution in [0.15, 0.2) is 42.5 Å². The van der Waals surface area contributed by atoms with Gasteiger partial charge in [-0.05, 0) is 87.0 Å². The fourth-order valence-electron chi connectivity index (χ4n) is 5.48. The lowest BCUT2D eigenvalue weighted by atomic mass is 9.86. The molecule has 3 aliphatic rings. The van der Waals surface area contributed by atoms with Crippen LogP contribution < -0.4 is 15.1 Å². The van der Waals surface area contributed by atoms with Gasteiger partial charge in [0.25, 0.3) is 5.91 Å². The summed E-state index contributed by atoms with van der Waals surface area (Å²) in [7, 11) is 2.20. The van der Waals surface area contributed by atoms with E-state index >= 15 is 0 Å². The molecule has 2 heterocycles. The van der Waals surface area contributed by atoms with E-state index in [9.17, 15) is 4.79 Å². The summed E-state index contributed by atoms with van der Waals surface area (Å²) in [6, 6.07) is 15.2. The standard InChI is InChI=1S/C27H36N4O/c1-29-16-18-31(19-17-29)26-7-5-6-21-8-11-23(20-25(21)26)28-27(32)22-9-12-24(13-10-22)30-14-3-2-4-15-30/h5-7,9-10,12-13,23H,2-4,8,11,14-20H2,1H3,(H,28,32)/t23-/m1/s1. The van der Waals surface area contributed by atoms with Gasteiger partial charge in [0.15, 0.2) is 0 Å². The smallest absolute Gasteiger partial charge is 0.251 e. The molecule has 0 saturated carbocycles. The van der Waals surface area contributed by atoms with Crippen LogP contribution in [0.5, 0.6) is 0 Å². The average Bonchev–Trinajstić information content (AvgIpc) is 2.85. The lowest BCUT2D eigenvalue weighted by Crippen LogP contribution is -2.45. The number of carbonyl (C=O) groups excluding carboxylic acids is 1. The van der Waals surface area contributed by atoms with E-state index in [1.165, 1.54) is 41.8 Å². The van der Waals surface area contributed by atoms with Crippen molar-refractivity contribution in [3.05, 3.63) is 59.2 Å². The molecule has 2 aliphatic heterocycles. The van der Waals surface area contributed by atoms with Gasteiger partial charge in [-0.3, -0.25) is 4.79 Å². The number of likely N-dealkylation sites (N-methyl/N-ethyl adjacent to an activating group) is 1. The third kappa shape index (κ3) is 4.63. The third-order valence-electron chi connectivity index (χ3n) is 7.49. The van der Waals surface area contributed by atoms with Gasteiger partial charge in [0.1, 0.15) is 0 Å². The van der Waals surface area contributed by atoms with Gasteiger partial charge in [0.2, 0.25) is 0 Å². The lowest BCUT2D eigenvalue weighted by molar-refractivity contribution is 0.0933. The summed E-state index contributed by atoms with van der Waals surface area (Å²) in [5, 5.41) is 3.33. The Morgan fingerprint density at radius 3 is 2.38 bits per heavy atom. The van der Waals surface area contributed by atoms with Crippen LogP contribution in [-0.2, 0) is 12.8 Å². The fraction of sp³-hybridized carbons (Fsp3) is 0.519. The number of hydrogen-bond donors (Lipinski definition) is 1. The van der Waals surface area contributed by atoms with Crippen LogP contribution in [0.2, 0.25) is 0 Å². The average molecular weight is 433 g/mol. The number of nitrogens with zero attached hydrogens (tertiary/aromatic N) is 3. The number of nitrogens with one attached hydrogen (secondary N) is 1. The van der Waals surface area contributed by atoms with E-state index in [0.717, 1.165) is 64.1 Å². The summed E-state index contributed by atoms with van der Waals surface area (Å²) in [5.74, 6) is 0.0562. The molecule has 0 bridgehead atoms. The molecule has 5 heteroatoms. The number of piperidine rings is 1. The fourth-order valence-corrected chi connectivity index (χ4v) is 5.48. The maximum atomic E-state index is 13.0. The first-order chi connectivity index (χ1) is 15.7. The molecule has 2 fully saturated rings. The SMILES string of the molecule is CN1CCN(c2cccc3c2C[C@H](NC(=O)c2ccc(N4CCCCC4)cc2)CC3)CC1. The summed E-state index contributed by atoms with van der Waals surface area (Å²) < 4.78 is 0. The second kappa shape index (κ2) is 9.53. The van der Waals surface area contributed by atoms with Crippen molar-refractivity contribution in [2.75, 3.05) is 56.1 Å².